The van der Waals surface area contributed by atoms with E-state index in [0.29, 0.717) is 18.2 Å². The van der Waals surface area contributed by atoms with Gasteiger partial charge in [0.15, 0.2) is 0 Å². The molecule has 0 aromatic carbocycles. The van der Waals surface area contributed by atoms with Crippen molar-refractivity contribution in [1.82, 2.24) is 15.1 Å². The van der Waals surface area contributed by atoms with Crippen molar-refractivity contribution in [2.45, 2.75) is 32.4 Å². The number of halogens is 1. The van der Waals surface area contributed by atoms with E-state index >= 15 is 0 Å². The van der Waals surface area contributed by atoms with E-state index in [4.69, 9.17) is 20.8 Å². The Hall–Kier alpha value is -1.30. The normalized spacial score (nSPS) is 12.7. The van der Waals surface area contributed by atoms with Crippen LogP contribution >= 0.6 is 11.6 Å². The average Bonchev–Trinajstić information content (AvgIpc) is 3.11. The molecule has 0 aliphatic rings. The molecule has 0 spiro atoms. The molecule has 0 saturated heterocycles. The van der Waals surface area contributed by atoms with Crippen molar-refractivity contribution >= 4 is 11.6 Å². The minimum absolute atomic E-state index is 0.145. The number of ether oxygens (including phenoxy) is 1. The fourth-order valence-corrected chi connectivity index (χ4v) is 2.67. The Bertz CT molecular complexity index is 525. The van der Waals surface area contributed by atoms with E-state index < -0.39 is 0 Å². The van der Waals surface area contributed by atoms with Crippen molar-refractivity contribution in [1.29, 1.82) is 0 Å². The predicted molar refractivity (Wildman–Crippen MR) is 82.6 cm³/mol. The largest absolute Gasteiger partial charge is 0.469 e. The molecule has 0 bridgehead atoms. The maximum absolute atomic E-state index is 6.33. The van der Waals surface area contributed by atoms with Gasteiger partial charge in [0.1, 0.15) is 5.76 Å². The van der Waals surface area contributed by atoms with E-state index in [0.717, 1.165) is 30.8 Å². The Morgan fingerprint density at radius 2 is 2.38 bits per heavy atom. The molecule has 1 N–H and O–H groups in total. The highest BCUT2D eigenvalue weighted by atomic mass is 35.5. The molecule has 0 radical (unpaired) electrons. The minimum Gasteiger partial charge on any atom is -0.469 e. The zero-order chi connectivity index (χ0) is 15.1. The molecule has 0 fully saturated rings. The first-order chi connectivity index (χ1) is 10.3. The number of aromatic nitrogens is 2. The number of methoxy groups -OCH3 is 1. The fourth-order valence-electron chi connectivity index (χ4n) is 2.40. The SMILES string of the molecule is CCNC(CCc1ccco1)c1c(Cl)cnn1CCOC. The third-order valence-corrected chi connectivity index (χ3v) is 3.67. The standard InChI is InChI=1S/C15H22ClN3O2/c1-3-17-14(7-6-12-5-4-9-21-12)15-13(16)11-18-19(15)8-10-20-2/h4-5,9,11,14,17H,3,6-8,10H2,1-2H3. The molecule has 0 aliphatic heterocycles. The van der Waals surface area contributed by atoms with Gasteiger partial charge in [0.2, 0.25) is 0 Å². The van der Waals surface area contributed by atoms with Crippen LogP contribution in [0.4, 0.5) is 0 Å². The number of hydrogen-bond donors (Lipinski definition) is 1. The van der Waals surface area contributed by atoms with E-state index in [1.54, 1.807) is 19.6 Å². The molecule has 5 nitrogen and oxygen atoms in total. The van der Waals surface area contributed by atoms with E-state index in [1.165, 1.54) is 0 Å². The van der Waals surface area contributed by atoms with Gasteiger partial charge >= 0.3 is 0 Å². The zero-order valence-corrected chi connectivity index (χ0v) is 13.3. The Morgan fingerprint density at radius 1 is 1.52 bits per heavy atom. The molecule has 1 unspecified atom stereocenters. The van der Waals surface area contributed by atoms with Crippen LogP contribution in [-0.4, -0.2) is 30.0 Å². The second-order valence-corrected chi connectivity index (χ2v) is 5.23. The molecule has 1 atom stereocenters. The quantitative estimate of drug-likeness (QED) is 0.773. The van der Waals surface area contributed by atoms with E-state index in [-0.39, 0.29) is 6.04 Å². The average molecular weight is 312 g/mol. The Labute approximate surface area is 130 Å². The molecule has 21 heavy (non-hydrogen) atoms. The molecule has 0 aliphatic carbocycles. The van der Waals surface area contributed by atoms with Crippen LogP contribution < -0.4 is 5.32 Å². The van der Waals surface area contributed by atoms with Gasteiger partial charge in [-0.05, 0) is 25.1 Å². The molecular weight excluding hydrogens is 290 g/mol. The van der Waals surface area contributed by atoms with E-state index in [2.05, 4.69) is 17.3 Å². The Kier molecular flexibility index (Phi) is 6.29. The Balaban J connectivity index is 2.10. The van der Waals surface area contributed by atoms with Crippen molar-refractivity contribution in [2.75, 3.05) is 20.3 Å². The lowest BCUT2D eigenvalue weighted by Gasteiger charge is -2.19. The monoisotopic (exact) mass is 311 g/mol. The molecule has 2 heterocycles. The summed E-state index contributed by atoms with van der Waals surface area (Å²) in [5.74, 6) is 0.983. The fraction of sp³-hybridized carbons (Fsp3) is 0.533. The van der Waals surface area contributed by atoms with Crippen LogP contribution in [0.1, 0.15) is 30.8 Å². The summed E-state index contributed by atoms with van der Waals surface area (Å²) in [5.41, 5.74) is 1.02. The molecule has 116 valence electrons. The third-order valence-electron chi connectivity index (χ3n) is 3.38. The Morgan fingerprint density at radius 3 is 3.05 bits per heavy atom. The second-order valence-electron chi connectivity index (χ2n) is 4.82. The van der Waals surface area contributed by atoms with Crippen molar-refractivity contribution in [3.8, 4) is 0 Å². The summed E-state index contributed by atoms with van der Waals surface area (Å²) >= 11 is 6.33. The molecule has 2 aromatic heterocycles. The molecule has 2 aromatic rings. The number of hydrogen-bond acceptors (Lipinski definition) is 4. The van der Waals surface area contributed by atoms with Crippen LogP contribution in [0, 0.1) is 0 Å². The van der Waals surface area contributed by atoms with Crippen molar-refractivity contribution in [3.05, 3.63) is 41.1 Å². The highest BCUT2D eigenvalue weighted by molar-refractivity contribution is 6.31. The summed E-state index contributed by atoms with van der Waals surface area (Å²) in [7, 11) is 1.68. The topological polar surface area (TPSA) is 52.2 Å². The van der Waals surface area contributed by atoms with E-state index in [1.807, 2.05) is 16.8 Å². The maximum atomic E-state index is 6.33. The summed E-state index contributed by atoms with van der Waals surface area (Å²) < 4.78 is 12.4. The number of rotatable bonds is 9. The molecule has 2 rings (SSSR count). The molecule has 6 heteroatoms. The van der Waals surface area contributed by atoms with Crippen molar-refractivity contribution in [2.24, 2.45) is 0 Å². The first-order valence-electron chi connectivity index (χ1n) is 7.22. The van der Waals surface area contributed by atoms with Gasteiger partial charge in [-0.3, -0.25) is 4.68 Å². The van der Waals surface area contributed by atoms with Gasteiger partial charge in [0, 0.05) is 13.5 Å². The van der Waals surface area contributed by atoms with Gasteiger partial charge in [-0.2, -0.15) is 5.10 Å². The predicted octanol–water partition coefficient (Wildman–Crippen LogP) is 3.06. The molecule has 0 amide bonds. The summed E-state index contributed by atoms with van der Waals surface area (Å²) in [4.78, 5) is 0. The smallest absolute Gasteiger partial charge is 0.103 e. The number of nitrogens with one attached hydrogen (secondary N) is 1. The number of nitrogens with zero attached hydrogens (tertiary/aromatic N) is 2. The molecule has 0 saturated carbocycles. The van der Waals surface area contributed by atoms with Gasteiger partial charge in [0.05, 0.1) is 42.4 Å². The van der Waals surface area contributed by atoms with Crippen LogP contribution in [0.2, 0.25) is 5.02 Å². The molecular formula is C15H22ClN3O2. The summed E-state index contributed by atoms with van der Waals surface area (Å²) in [6.45, 7) is 4.27. The van der Waals surface area contributed by atoms with Gasteiger partial charge in [-0.25, -0.2) is 0 Å². The zero-order valence-electron chi connectivity index (χ0n) is 12.5. The summed E-state index contributed by atoms with van der Waals surface area (Å²) in [5, 5.41) is 8.51. The van der Waals surface area contributed by atoms with Gasteiger partial charge in [-0.15, -0.1) is 0 Å². The number of aryl methyl sites for hydroxylation is 1. The summed E-state index contributed by atoms with van der Waals surface area (Å²) in [6, 6.07) is 4.05. The van der Waals surface area contributed by atoms with Crippen LogP contribution in [0.25, 0.3) is 0 Å². The van der Waals surface area contributed by atoms with Crippen molar-refractivity contribution in [3.63, 3.8) is 0 Å². The lowest BCUT2D eigenvalue weighted by Crippen LogP contribution is -2.25. The summed E-state index contributed by atoms with van der Waals surface area (Å²) in [6.07, 6.45) is 5.16. The van der Waals surface area contributed by atoms with Crippen LogP contribution in [0.5, 0.6) is 0 Å². The highest BCUT2D eigenvalue weighted by Crippen LogP contribution is 2.26. The van der Waals surface area contributed by atoms with Gasteiger partial charge < -0.3 is 14.5 Å². The first kappa shape index (κ1) is 16.1. The second kappa shape index (κ2) is 8.22. The highest BCUT2D eigenvalue weighted by Gasteiger charge is 2.20. The van der Waals surface area contributed by atoms with E-state index in [9.17, 15) is 0 Å². The number of furan rings is 1. The maximum Gasteiger partial charge on any atom is 0.103 e. The lowest BCUT2D eigenvalue weighted by atomic mass is 10.1. The van der Waals surface area contributed by atoms with Crippen LogP contribution in [0.3, 0.4) is 0 Å². The first-order valence-corrected chi connectivity index (χ1v) is 7.60. The van der Waals surface area contributed by atoms with Gasteiger partial charge in [-0.1, -0.05) is 18.5 Å². The minimum atomic E-state index is 0.145. The van der Waals surface area contributed by atoms with Gasteiger partial charge in [0.25, 0.3) is 0 Å². The van der Waals surface area contributed by atoms with Crippen LogP contribution in [0.15, 0.2) is 29.0 Å². The van der Waals surface area contributed by atoms with Crippen LogP contribution in [-0.2, 0) is 17.7 Å². The lowest BCUT2D eigenvalue weighted by molar-refractivity contribution is 0.181. The third kappa shape index (κ3) is 4.33. The van der Waals surface area contributed by atoms with Crippen molar-refractivity contribution < 1.29 is 9.15 Å².